The monoisotopic (exact) mass is 222 g/mol. The molecule has 1 heteroatoms. The minimum atomic E-state index is -0.0506. The third kappa shape index (κ3) is 1.06. The van der Waals surface area contributed by atoms with Crippen molar-refractivity contribution in [3.05, 3.63) is 0 Å². The van der Waals surface area contributed by atoms with E-state index in [1.54, 1.807) is 0 Å². The minimum absolute atomic E-state index is 0.0506. The summed E-state index contributed by atoms with van der Waals surface area (Å²) in [7, 11) is 0. The first-order valence-electron chi connectivity index (χ1n) is 7.06. The third-order valence-electron chi connectivity index (χ3n) is 6.95. The lowest BCUT2D eigenvalue weighted by Crippen LogP contribution is -2.50. The van der Waals surface area contributed by atoms with Gasteiger partial charge in [-0.05, 0) is 53.8 Å². The average Bonchev–Trinajstić information content (AvgIpc) is 2.68. The van der Waals surface area contributed by atoms with Gasteiger partial charge in [0.25, 0.3) is 0 Å². The van der Waals surface area contributed by atoms with E-state index in [1.807, 2.05) is 0 Å². The highest BCUT2D eigenvalue weighted by Crippen LogP contribution is 2.69. The topological polar surface area (TPSA) is 20.2 Å². The third-order valence-corrected chi connectivity index (χ3v) is 6.95. The second kappa shape index (κ2) is 3.04. The SMILES string of the molecule is CC1CCC2C1C1CC(O)C(C)(C1)C2(C)C. The smallest absolute Gasteiger partial charge is 0.0601 e. The molecule has 0 aromatic heterocycles. The van der Waals surface area contributed by atoms with Crippen LogP contribution in [-0.4, -0.2) is 11.2 Å². The zero-order valence-corrected chi connectivity index (χ0v) is 11.2. The molecule has 0 amide bonds. The number of fused-ring (bicyclic) bond motifs is 4. The van der Waals surface area contributed by atoms with Crippen LogP contribution >= 0.6 is 0 Å². The molecule has 0 aromatic carbocycles. The lowest BCUT2D eigenvalue weighted by molar-refractivity contribution is -0.0890. The summed E-state index contributed by atoms with van der Waals surface area (Å²) in [6.45, 7) is 9.63. The molecule has 16 heavy (non-hydrogen) atoms. The Labute approximate surface area is 99.6 Å². The molecule has 0 spiro atoms. The number of rotatable bonds is 0. The Balaban J connectivity index is 2.05. The van der Waals surface area contributed by atoms with Crippen LogP contribution in [0.3, 0.4) is 0 Å². The zero-order chi connectivity index (χ0) is 11.7. The van der Waals surface area contributed by atoms with Crippen molar-refractivity contribution >= 4 is 0 Å². The normalized spacial score (nSPS) is 58.7. The molecule has 2 bridgehead atoms. The quantitative estimate of drug-likeness (QED) is 0.665. The van der Waals surface area contributed by atoms with Gasteiger partial charge in [-0.3, -0.25) is 0 Å². The summed E-state index contributed by atoms with van der Waals surface area (Å²) in [5.41, 5.74) is 0.512. The van der Waals surface area contributed by atoms with Crippen LogP contribution in [0.4, 0.5) is 0 Å². The van der Waals surface area contributed by atoms with E-state index >= 15 is 0 Å². The predicted molar refractivity (Wildman–Crippen MR) is 66.0 cm³/mol. The Morgan fingerprint density at radius 3 is 2.50 bits per heavy atom. The zero-order valence-electron chi connectivity index (χ0n) is 11.2. The molecule has 3 rings (SSSR count). The second-order valence-corrected chi connectivity index (χ2v) is 7.59. The predicted octanol–water partition coefficient (Wildman–Crippen LogP) is 3.47. The van der Waals surface area contributed by atoms with Crippen LogP contribution in [0, 0.1) is 34.5 Å². The molecule has 3 fully saturated rings. The first-order valence-corrected chi connectivity index (χ1v) is 7.06. The molecule has 0 radical (unpaired) electrons. The highest BCUT2D eigenvalue weighted by Gasteiger charge is 2.64. The minimum Gasteiger partial charge on any atom is -0.393 e. The standard InChI is InChI=1S/C15H26O/c1-9-5-6-11-13(9)10-7-12(16)15(4,8-10)14(11,2)3/h9-13,16H,5-8H2,1-4H3. The van der Waals surface area contributed by atoms with Crippen LogP contribution in [0.5, 0.6) is 0 Å². The summed E-state index contributed by atoms with van der Waals surface area (Å²) in [4.78, 5) is 0. The van der Waals surface area contributed by atoms with Crippen LogP contribution in [0.15, 0.2) is 0 Å². The second-order valence-electron chi connectivity index (χ2n) is 7.59. The molecule has 0 aliphatic heterocycles. The fourth-order valence-corrected chi connectivity index (χ4v) is 5.58. The van der Waals surface area contributed by atoms with Crippen molar-refractivity contribution in [2.75, 3.05) is 0 Å². The van der Waals surface area contributed by atoms with Gasteiger partial charge in [-0.2, -0.15) is 0 Å². The van der Waals surface area contributed by atoms with E-state index in [1.165, 1.54) is 19.3 Å². The van der Waals surface area contributed by atoms with Gasteiger partial charge in [-0.1, -0.05) is 34.1 Å². The molecule has 0 saturated heterocycles. The Bertz CT molecular complexity index is 309. The molecule has 6 unspecified atom stereocenters. The van der Waals surface area contributed by atoms with Crippen LogP contribution < -0.4 is 0 Å². The first-order chi connectivity index (χ1) is 7.38. The summed E-state index contributed by atoms with van der Waals surface area (Å²) in [5.74, 6) is 3.48. The van der Waals surface area contributed by atoms with Gasteiger partial charge in [0.1, 0.15) is 0 Å². The summed E-state index contributed by atoms with van der Waals surface area (Å²) in [5, 5.41) is 10.4. The maximum Gasteiger partial charge on any atom is 0.0601 e. The van der Waals surface area contributed by atoms with Crippen molar-refractivity contribution in [3.8, 4) is 0 Å². The van der Waals surface area contributed by atoms with E-state index in [4.69, 9.17) is 0 Å². The van der Waals surface area contributed by atoms with Gasteiger partial charge in [0.15, 0.2) is 0 Å². The van der Waals surface area contributed by atoms with E-state index in [0.717, 1.165) is 30.1 Å². The van der Waals surface area contributed by atoms with Gasteiger partial charge < -0.3 is 5.11 Å². The molecule has 0 heterocycles. The van der Waals surface area contributed by atoms with Crippen molar-refractivity contribution < 1.29 is 5.11 Å². The van der Waals surface area contributed by atoms with Crippen molar-refractivity contribution in [2.24, 2.45) is 34.5 Å². The molecule has 1 N–H and O–H groups in total. The Hall–Kier alpha value is -0.0400. The van der Waals surface area contributed by atoms with Gasteiger partial charge in [0, 0.05) is 0 Å². The van der Waals surface area contributed by atoms with E-state index in [0.29, 0.717) is 5.41 Å². The molecular formula is C15H26O. The molecule has 6 atom stereocenters. The number of aliphatic hydroxyl groups is 1. The maximum atomic E-state index is 10.4. The highest BCUT2D eigenvalue weighted by molar-refractivity contribution is 5.13. The molecule has 3 aliphatic rings. The van der Waals surface area contributed by atoms with Gasteiger partial charge >= 0.3 is 0 Å². The van der Waals surface area contributed by atoms with Gasteiger partial charge in [-0.25, -0.2) is 0 Å². The largest absolute Gasteiger partial charge is 0.393 e. The summed E-state index contributed by atoms with van der Waals surface area (Å²) >= 11 is 0. The van der Waals surface area contributed by atoms with Crippen molar-refractivity contribution in [3.63, 3.8) is 0 Å². The fourth-order valence-electron chi connectivity index (χ4n) is 5.58. The van der Waals surface area contributed by atoms with Crippen molar-refractivity contribution in [1.82, 2.24) is 0 Å². The fraction of sp³-hybridized carbons (Fsp3) is 1.00. The summed E-state index contributed by atoms with van der Waals surface area (Å²) in [6, 6.07) is 0. The average molecular weight is 222 g/mol. The molecule has 92 valence electrons. The Kier molecular flexibility index (Phi) is 2.11. The van der Waals surface area contributed by atoms with E-state index in [9.17, 15) is 5.11 Å². The van der Waals surface area contributed by atoms with E-state index in [2.05, 4.69) is 27.7 Å². The Morgan fingerprint density at radius 2 is 1.81 bits per heavy atom. The maximum absolute atomic E-state index is 10.4. The summed E-state index contributed by atoms with van der Waals surface area (Å²) in [6.07, 6.45) is 5.11. The van der Waals surface area contributed by atoms with E-state index < -0.39 is 0 Å². The molecule has 3 aliphatic carbocycles. The summed E-state index contributed by atoms with van der Waals surface area (Å²) < 4.78 is 0. The van der Waals surface area contributed by atoms with Crippen LogP contribution in [0.25, 0.3) is 0 Å². The van der Waals surface area contributed by atoms with Crippen molar-refractivity contribution in [2.45, 2.75) is 59.5 Å². The number of hydrogen-bond donors (Lipinski definition) is 1. The lowest BCUT2D eigenvalue weighted by Gasteiger charge is -2.54. The van der Waals surface area contributed by atoms with Gasteiger partial charge in [-0.15, -0.1) is 0 Å². The lowest BCUT2D eigenvalue weighted by atomic mass is 9.51. The van der Waals surface area contributed by atoms with Crippen LogP contribution in [-0.2, 0) is 0 Å². The van der Waals surface area contributed by atoms with Gasteiger partial charge in [0.2, 0.25) is 0 Å². The van der Waals surface area contributed by atoms with Gasteiger partial charge in [0.05, 0.1) is 6.10 Å². The molecular weight excluding hydrogens is 196 g/mol. The molecule has 3 saturated carbocycles. The Morgan fingerprint density at radius 1 is 1.12 bits per heavy atom. The molecule has 1 nitrogen and oxygen atoms in total. The van der Waals surface area contributed by atoms with Crippen molar-refractivity contribution in [1.29, 1.82) is 0 Å². The van der Waals surface area contributed by atoms with Crippen LogP contribution in [0.1, 0.15) is 53.4 Å². The highest BCUT2D eigenvalue weighted by atomic mass is 16.3. The van der Waals surface area contributed by atoms with E-state index in [-0.39, 0.29) is 11.5 Å². The van der Waals surface area contributed by atoms with Crippen LogP contribution in [0.2, 0.25) is 0 Å². The first kappa shape index (κ1) is 11.1. The number of aliphatic hydroxyl groups excluding tert-OH is 1. The number of hydrogen-bond acceptors (Lipinski definition) is 1. The molecule has 0 aromatic rings.